The summed E-state index contributed by atoms with van der Waals surface area (Å²) in [4.78, 5) is 5.29. The molecule has 6 heteroatoms. The lowest BCUT2D eigenvalue weighted by molar-refractivity contribution is -0.137. The molecule has 1 aliphatic heterocycles. The highest BCUT2D eigenvalue weighted by atomic mass is 19.4. The fourth-order valence-corrected chi connectivity index (χ4v) is 3.87. The second-order valence-electron chi connectivity index (χ2n) is 6.54. The zero-order valence-corrected chi connectivity index (χ0v) is 14.0. The van der Waals surface area contributed by atoms with Crippen LogP contribution in [-0.2, 0) is 11.1 Å². The van der Waals surface area contributed by atoms with Crippen molar-refractivity contribution in [2.45, 2.75) is 56.7 Å². The summed E-state index contributed by atoms with van der Waals surface area (Å²) >= 11 is 0. The highest BCUT2D eigenvalue weighted by molar-refractivity contribution is 5.28. The topological polar surface area (TPSA) is 12.5 Å². The molecule has 2 unspecified atom stereocenters. The van der Waals surface area contributed by atoms with Gasteiger partial charge in [0.25, 0.3) is 0 Å². The first-order valence-corrected chi connectivity index (χ1v) is 8.51. The third-order valence-corrected chi connectivity index (χ3v) is 4.99. The van der Waals surface area contributed by atoms with Crippen molar-refractivity contribution in [2.75, 3.05) is 20.2 Å². The largest absolute Gasteiger partial charge is 0.416 e. The standard InChI is InChI=1S/C17H22F3N.CH3FO/c18-17(19,20)15-7-3-5-13(11-15)14-6-4-8-16(12-14)21-9-1-2-10-21;1-3-2/h3,5,7,11,14,16H,1-2,4,6,8-10,12H2;1H3. The van der Waals surface area contributed by atoms with Gasteiger partial charge in [-0.15, -0.1) is 0 Å². The van der Waals surface area contributed by atoms with Gasteiger partial charge in [-0.3, -0.25) is 0 Å². The van der Waals surface area contributed by atoms with E-state index in [0.717, 1.165) is 31.9 Å². The number of benzene rings is 1. The molecule has 1 aromatic rings. The molecule has 24 heavy (non-hydrogen) atoms. The Kier molecular flexibility index (Phi) is 7.04. The number of hydrogen-bond acceptors (Lipinski definition) is 2. The normalized spacial score (nSPS) is 25.2. The predicted molar refractivity (Wildman–Crippen MR) is 85.4 cm³/mol. The average molecular weight is 347 g/mol. The minimum absolute atomic E-state index is 0.284. The van der Waals surface area contributed by atoms with Gasteiger partial charge in [0, 0.05) is 6.04 Å². The molecule has 0 aromatic heterocycles. The van der Waals surface area contributed by atoms with E-state index in [-0.39, 0.29) is 5.92 Å². The van der Waals surface area contributed by atoms with Gasteiger partial charge in [-0.25, -0.2) is 0 Å². The van der Waals surface area contributed by atoms with E-state index >= 15 is 0 Å². The van der Waals surface area contributed by atoms with Crippen molar-refractivity contribution in [1.29, 1.82) is 0 Å². The molecule has 0 N–H and O–H groups in total. The Morgan fingerprint density at radius 3 is 2.38 bits per heavy atom. The SMILES string of the molecule is COF.FC(F)(F)c1cccc(C2CCCC(N3CCCC3)C2)c1. The lowest BCUT2D eigenvalue weighted by Gasteiger charge is -2.35. The summed E-state index contributed by atoms with van der Waals surface area (Å²) in [7, 11) is 0.958. The third-order valence-electron chi connectivity index (χ3n) is 4.99. The lowest BCUT2D eigenvalue weighted by atomic mass is 9.80. The highest BCUT2D eigenvalue weighted by Gasteiger charge is 2.33. The Morgan fingerprint density at radius 2 is 1.75 bits per heavy atom. The molecule has 0 spiro atoms. The Hall–Kier alpha value is -1.14. The Labute approximate surface area is 140 Å². The zero-order valence-electron chi connectivity index (χ0n) is 14.0. The lowest BCUT2D eigenvalue weighted by Crippen LogP contribution is -2.36. The zero-order chi connectivity index (χ0) is 17.6. The number of hydrogen-bond donors (Lipinski definition) is 0. The summed E-state index contributed by atoms with van der Waals surface area (Å²) in [5.74, 6) is 0.284. The molecule has 136 valence electrons. The number of halogens is 4. The third kappa shape index (κ3) is 5.18. The van der Waals surface area contributed by atoms with E-state index < -0.39 is 11.7 Å². The molecular formula is C18H25F4NO. The monoisotopic (exact) mass is 347 g/mol. The van der Waals surface area contributed by atoms with Gasteiger partial charge in [0.15, 0.2) is 0 Å². The molecule has 1 aliphatic carbocycles. The minimum Gasteiger partial charge on any atom is -0.300 e. The maximum Gasteiger partial charge on any atom is 0.416 e. The van der Waals surface area contributed by atoms with E-state index in [1.165, 1.54) is 44.5 Å². The van der Waals surface area contributed by atoms with Gasteiger partial charge >= 0.3 is 6.18 Å². The van der Waals surface area contributed by atoms with Gasteiger partial charge in [-0.1, -0.05) is 24.6 Å². The van der Waals surface area contributed by atoms with Crippen LogP contribution in [0.3, 0.4) is 0 Å². The predicted octanol–water partition coefficient (Wildman–Crippen LogP) is 5.34. The summed E-state index contributed by atoms with van der Waals surface area (Å²) in [6.07, 6.45) is 2.67. The van der Waals surface area contributed by atoms with E-state index in [4.69, 9.17) is 0 Å². The molecule has 2 atom stereocenters. The van der Waals surface area contributed by atoms with Crippen molar-refractivity contribution >= 4 is 0 Å². The quantitative estimate of drug-likeness (QED) is 0.669. The fourth-order valence-electron chi connectivity index (χ4n) is 3.87. The molecule has 0 radical (unpaired) electrons. The van der Waals surface area contributed by atoms with E-state index in [9.17, 15) is 17.7 Å². The number of likely N-dealkylation sites (tertiary alicyclic amines) is 1. The summed E-state index contributed by atoms with van der Waals surface area (Å²) in [6.45, 7) is 2.33. The summed E-state index contributed by atoms with van der Waals surface area (Å²) in [5.41, 5.74) is 0.358. The first-order chi connectivity index (χ1) is 11.5. The van der Waals surface area contributed by atoms with Crippen molar-refractivity contribution < 1.29 is 22.6 Å². The molecule has 2 nitrogen and oxygen atoms in total. The summed E-state index contributed by atoms with van der Waals surface area (Å²) in [5, 5.41) is 0. The average Bonchev–Trinajstić information content (AvgIpc) is 3.10. The highest BCUT2D eigenvalue weighted by Crippen LogP contribution is 2.38. The molecule has 2 aliphatic rings. The molecular weight excluding hydrogens is 322 g/mol. The molecule has 3 rings (SSSR count). The van der Waals surface area contributed by atoms with Crippen molar-refractivity contribution in [3.05, 3.63) is 35.4 Å². The molecule has 0 amide bonds. The maximum absolute atomic E-state index is 12.8. The van der Waals surface area contributed by atoms with Crippen LogP contribution in [0.2, 0.25) is 0 Å². The van der Waals surface area contributed by atoms with Gasteiger partial charge in [0.05, 0.1) is 12.7 Å². The van der Waals surface area contributed by atoms with E-state index in [1.54, 1.807) is 6.07 Å². The van der Waals surface area contributed by atoms with Gasteiger partial charge in [-0.05, 0) is 67.3 Å². The van der Waals surface area contributed by atoms with E-state index in [1.807, 2.05) is 6.07 Å². The maximum atomic E-state index is 12.8. The van der Waals surface area contributed by atoms with Crippen LogP contribution in [0.5, 0.6) is 0 Å². The summed E-state index contributed by atoms with van der Waals surface area (Å²) in [6, 6.07) is 6.52. The van der Waals surface area contributed by atoms with Gasteiger partial charge in [-0.2, -0.15) is 18.1 Å². The smallest absolute Gasteiger partial charge is 0.300 e. The van der Waals surface area contributed by atoms with Gasteiger partial charge < -0.3 is 4.90 Å². The Balaban J connectivity index is 0.000000647. The van der Waals surface area contributed by atoms with Crippen molar-refractivity contribution in [2.24, 2.45) is 0 Å². The fraction of sp³-hybridized carbons (Fsp3) is 0.667. The second-order valence-corrected chi connectivity index (χ2v) is 6.54. The Bertz CT molecular complexity index is 500. The second kappa shape index (κ2) is 8.81. The van der Waals surface area contributed by atoms with Crippen LogP contribution in [0, 0.1) is 0 Å². The molecule has 1 heterocycles. The minimum atomic E-state index is -4.24. The van der Waals surface area contributed by atoms with Crippen molar-refractivity contribution in [3.8, 4) is 0 Å². The molecule has 2 fully saturated rings. The number of alkyl halides is 3. The molecule has 1 saturated carbocycles. The van der Waals surface area contributed by atoms with Gasteiger partial charge in [0.2, 0.25) is 0 Å². The Morgan fingerprint density at radius 1 is 1.08 bits per heavy atom. The van der Waals surface area contributed by atoms with Crippen LogP contribution in [0.1, 0.15) is 55.6 Å². The summed E-state index contributed by atoms with van der Waals surface area (Å²) < 4.78 is 48.3. The van der Waals surface area contributed by atoms with Crippen molar-refractivity contribution in [3.63, 3.8) is 0 Å². The van der Waals surface area contributed by atoms with Crippen LogP contribution in [0.15, 0.2) is 24.3 Å². The van der Waals surface area contributed by atoms with Crippen LogP contribution >= 0.6 is 0 Å². The van der Waals surface area contributed by atoms with E-state index in [2.05, 4.69) is 9.84 Å². The molecule has 1 aromatic carbocycles. The van der Waals surface area contributed by atoms with Crippen LogP contribution in [0.25, 0.3) is 0 Å². The van der Waals surface area contributed by atoms with Gasteiger partial charge in [0.1, 0.15) is 0 Å². The number of nitrogens with zero attached hydrogens (tertiary/aromatic N) is 1. The molecule has 1 saturated heterocycles. The van der Waals surface area contributed by atoms with E-state index in [0.29, 0.717) is 6.04 Å². The first kappa shape index (κ1) is 19.2. The van der Waals surface area contributed by atoms with Crippen LogP contribution < -0.4 is 0 Å². The number of rotatable bonds is 2. The van der Waals surface area contributed by atoms with Crippen LogP contribution in [-0.4, -0.2) is 31.1 Å². The van der Waals surface area contributed by atoms with Crippen molar-refractivity contribution in [1.82, 2.24) is 4.90 Å². The van der Waals surface area contributed by atoms with Crippen LogP contribution in [0.4, 0.5) is 17.7 Å². The molecule has 0 bridgehead atoms. The first-order valence-electron chi connectivity index (χ1n) is 8.51.